The average Bonchev–Trinajstić information content (AvgIpc) is 3.34. The third-order valence-corrected chi connectivity index (χ3v) is 7.00. The van der Waals surface area contributed by atoms with E-state index in [0.717, 1.165) is 36.0 Å². The second-order valence-electron chi connectivity index (χ2n) is 8.31. The second-order valence-corrected chi connectivity index (χ2v) is 9.62. The lowest BCUT2D eigenvalue weighted by Gasteiger charge is -2.28. The first-order chi connectivity index (χ1) is 15.8. The van der Waals surface area contributed by atoms with Crippen LogP contribution in [-0.4, -0.2) is 62.9 Å². The summed E-state index contributed by atoms with van der Waals surface area (Å²) in [6.07, 6.45) is 0. The van der Waals surface area contributed by atoms with Crippen LogP contribution in [0.4, 0.5) is 5.95 Å². The Morgan fingerprint density at radius 3 is 2.45 bits per heavy atom. The molecule has 1 atom stereocenters. The highest BCUT2D eigenvalue weighted by molar-refractivity contribution is 8.00. The number of aromatic amines is 1. The Hall–Kier alpha value is -2.91. The van der Waals surface area contributed by atoms with E-state index in [9.17, 15) is 9.59 Å². The van der Waals surface area contributed by atoms with E-state index in [2.05, 4.69) is 33.1 Å². The van der Waals surface area contributed by atoms with Gasteiger partial charge in [0.1, 0.15) is 0 Å². The molecule has 0 bridgehead atoms. The van der Waals surface area contributed by atoms with E-state index >= 15 is 0 Å². The van der Waals surface area contributed by atoms with Crippen LogP contribution in [0.25, 0.3) is 5.69 Å². The van der Waals surface area contributed by atoms with Gasteiger partial charge in [0.05, 0.1) is 29.8 Å². The molecule has 3 heterocycles. The lowest BCUT2D eigenvalue weighted by atomic mass is 10.0. The number of hydrogen-bond acceptors (Lipinski definition) is 7. The van der Waals surface area contributed by atoms with E-state index < -0.39 is 5.25 Å². The number of aryl methyl sites for hydroxylation is 2. The monoisotopic (exact) mass is 467 g/mol. The summed E-state index contributed by atoms with van der Waals surface area (Å²) >= 11 is 1.37. The van der Waals surface area contributed by atoms with Gasteiger partial charge in [0, 0.05) is 24.3 Å². The van der Waals surface area contributed by atoms with Crippen molar-refractivity contribution in [2.45, 2.75) is 45.0 Å². The van der Waals surface area contributed by atoms with Gasteiger partial charge in [0.2, 0.25) is 5.95 Å². The number of hydrogen-bond donors (Lipinski definition) is 1. The summed E-state index contributed by atoms with van der Waals surface area (Å²) in [6.45, 7) is 11.8. The van der Waals surface area contributed by atoms with Crippen molar-refractivity contribution in [3.05, 3.63) is 52.3 Å². The van der Waals surface area contributed by atoms with Crippen molar-refractivity contribution >= 4 is 29.3 Å². The number of ether oxygens (including phenoxy) is 1. The molecule has 9 heteroatoms. The summed E-state index contributed by atoms with van der Waals surface area (Å²) in [5.74, 6) is 0.635. The number of anilines is 1. The molecule has 174 valence electrons. The number of nitrogens with one attached hydrogen (secondary N) is 1. The van der Waals surface area contributed by atoms with Crippen LogP contribution >= 0.6 is 11.8 Å². The van der Waals surface area contributed by atoms with Crippen LogP contribution in [0.1, 0.15) is 51.5 Å². The van der Waals surface area contributed by atoms with Crippen LogP contribution in [-0.2, 0) is 4.74 Å². The molecule has 0 radical (unpaired) electrons. The van der Waals surface area contributed by atoms with E-state index in [4.69, 9.17) is 4.74 Å². The summed E-state index contributed by atoms with van der Waals surface area (Å²) in [6, 6.07) is 8.08. The Kier molecular flexibility index (Phi) is 6.71. The van der Waals surface area contributed by atoms with Crippen molar-refractivity contribution in [1.29, 1.82) is 0 Å². The number of H-pyrrole nitrogens is 1. The van der Waals surface area contributed by atoms with Crippen molar-refractivity contribution in [1.82, 2.24) is 19.7 Å². The van der Waals surface area contributed by atoms with Crippen LogP contribution in [0.2, 0.25) is 0 Å². The molecule has 33 heavy (non-hydrogen) atoms. The number of benzene rings is 1. The molecule has 0 spiro atoms. The van der Waals surface area contributed by atoms with E-state index in [1.54, 1.807) is 0 Å². The highest BCUT2D eigenvalue weighted by atomic mass is 32.2. The van der Waals surface area contributed by atoms with Gasteiger partial charge in [-0.05, 0) is 51.8 Å². The SMILES string of the molecule is CC(=O)c1c(C)[nH]c(C(=O)C(C)Sc2nnc(N3CCOCC3)n2-c2ccccc2C)c1C. The second kappa shape index (κ2) is 9.52. The van der Waals surface area contributed by atoms with Crippen molar-refractivity contribution < 1.29 is 14.3 Å². The molecule has 4 rings (SSSR count). The molecule has 1 saturated heterocycles. The molecule has 0 aliphatic carbocycles. The number of nitrogens with zero attached hydrogens (tertiary/aromatic N) is 4. The summed E-state index contributed by atoms with van der Waals surface area (Å²) < 4.78 is 7.54. The van der Waals surface area contributed by atoms with Crippen molar-refractivity contribution in [3.63, 3.8) is 0 Å². The minimum atomic E-state index is -0.425. The lowest BCUT2D eigenvalue weighted by molar-refractivity contribution is 0.0988. The number of carbonyl (C=O) groups excluding carboxylic acids is 2. The first kappa shape index (κ1) is 23.3. The third-order valence-electron chi connectivity index (χ3n) is 5.95. The standard InChI is InChI=1S/C24H29N5O3S/c1-14-8-6-7-9-19(14)29-23(28-10-12-32-13-11-28)26-27-24(29)33-18(5)22(31)21-15(2)20(17(4)30)16(3)25-21/h6-9,18,25H,10-13H2,1-5H3. The normalized spacial score (nSPS) is 15.0. The van der Waals surface area contributed by atoms with Gasteiger partial charge in [-0.1, -0.05) is 30.0 Å². The highest BCUT2D eigenvalue weighted by Gasteiger charge is 2.28. The molecule has 0 saturated carbocycles. The van der Waals surface area contributed by atoms with Crippen LogP contribution in [0.3, 0.4) is 0 Å². The number of ketones is 2. The molecular formula is C24H29N5O3S. The molecule has 0 amide bonds. The molecule has 1 unspecified atom stereocenters. The molecule has 1 aliphatic rings. The van der Waals surface area contributed by atoms with Gasteiger partial charge in [0.15, 0.2) is 16.7 Å². The molecule has 1 fully saturated rings. The maximum Gasteiger partial charge on any atom is 0.232 e. The van der Waals surface area contributed by atoms with Gasteiger partial charge >= 0.3 is 0 Å². The number of para-hydroxylation sites is 1. The maximum atomic E-state index is 13.3. The van der Waals surface area contributed by atoms with Crippen LogP contribution in [0, 0.1) is 20.8 Å². The van der Waals surface area contributed by atoms with Crippen LogP contribution in [0.15, 0.2) is 29.4 Å². The van der Waals surface area contributed by atoms with E-state index in [-0.39, 0.29) is 11.6 Å². The van der Waals surface area contributed by atoms with Gasteiger partial charge in [0.25, 0.3) is 0 Å². The predicted molar refractivity (Wildman–Crippen MR) is 129 cm³/mol. The van der Waals surface area contributed by atoms with E-state index in [0.29, 0.717) is 35.2 Å². The van der Waals surface area contributed by atoms with Crippen LogP contribution in [0.5, 0.6) is 0 Å². The summed E-state index contributed by atoms with van der Waals surface area (Å²) in [5.41, 5.74) is 4.57. The molecular weight excluding hydrogens is 438 g/mol. The van der Waals surface area contributed by atoms with Crippen molar-refractivity contribution in [2.75, 3.05) is 31.2 Å². The number of aromatic nitrogens is 4. The average molecular weight is 468 g/mol. The summed E-state index contributed by atoms with van der Waals surface area (Å²) in [7, 11) is 0. The fourth-order valence-corrected chi connectivity index (χ4v) is 5.19. The number of thioether (sulfide) groups is 1. The molecule has 3 aromatic rings. The van der Waals surface area contributed by atoms with Gasteiger partial charge in [-0.15, -0.1) is 10.2 Å². The summed E-state index contributed by atoms with van der Waals surface area (Å²) in [4.78, 5) is 30.6. The third kappa shape index (κ3) is 4.47. The quantitative estimate of drug-likeness (QED) is 0.416. The first-order valence-corrected chi connectivity index (χ1v) is 11.9. The Morgan fingerprint density at radius 1 is 1.12 bits per heavy atom. The van der Waals surface area contributed by atoms with Gasteiger partial charge < -0.3 is 14.6 Å². The Bertz CT molecular complexity index is 1190. The molecule has 8 nitrogen and oxygen atoms in total. The van der Waals surface area contributed by atoms with Crippen molar-refractivity contribution in [3.8, 4) is 5.69 Å². The largest absolute Gasteiger partial charge is 0.378 e. The minimum Gasteiger partial charge on any atom is -0.378 e. The zero-order valence-corrected chi connectivity index (χ0v) is 20.5. The predicted octanol–water partition coefficient (Wildman–Crippen LogP) is 3.92. The maximum absolute atomic E-state index is 13.3. The fourth-order valence-electron chi connectivity index (χ4n) is 4.27. The summed E-state index contributed by atoms with van der Waals surface area (Å²) in [5, 5.41) is 9.20. The fraction of sp³-hybridized carbons (Fsp3) is 0.417. The Labute approximate surface area is 197 Å². The number of morpholine rings is 1. The zero-order valence-electron chi connectivity index (χ0n) is 19.6. The smallest absolute Gasteiger partial charge is 0.232 e. The van der Waals surface area contributed by atoms with Crippen molar-refractivity contribution in [2.24, 2.45) is 0 Å². The minimum absolute atomic E-state index is 0.0462. The Balaban J connectivity index is 1.69. The first-order valence-electron chi connectivity index (χ1n) is 11.0. The molecule has 1 aromatic carbocycles. The lowest BCUT2D eigenvalue weighted by Crippen LogP contribution is -2.38. The van der Waals surface area contributed by atoms with Crippen LogP contribution < -0.4 is 4.90 Å². The highest BCUT2D eigenvalue weighted by Crippen LogP contribution is 2.32. The Morgan fingerprint density at radius 2 is 1.82 bits per heavy atom. The van der Waals surface area contributed by atoms with Gasteiger partial charge in [-0.2, -0.15) is 0 Å². The van der Waals surface area contributed by atoms with E-state index in [1.165, 1.54) is 18.7 Å². The molecule has 1 aliphatic heterocycles. The number of carbonyl (C=O) groups is 2. The zero-order chi connectivity index (χ0) is 23.7. The van der Waals surface area contributed by atoms with Gasteiger partial charge in [-0.25, -0.2) is 0 Å². The number of Topliss-reactive ketones (excluding diaryl/α,β-unsaturated/α-hetero) is 2. The molecule has 1 N–H and O–H groups in total. The topological polar surface area (TPSA) is 93.1 Å². The molecule has 2 aromatic heterocycles. The number of rotatable bonds is 7. The van der Waals surface area contributed by atoms with Gasteiger partial charge in [-0.3, -0.25) is 14.2 Å². The van der Waals surface area contributed by atoms with E-state index in [1.807, 2.05) is 43.5 Å².